The minimum atomic E-state index is -1.16. The Labute approximate surface area is 114 Å². The molecule has 0 saturated heterocycles. The SMILES string of the molecule is O=C(O)c1csc(C(=O)Nc2ncccc2Br)n1. The van der Waals surface area contributed by atoms with Crippen LogP contribution in [0.15, 0.2) is 28.2 Å². The van der Waals surface area contributed by atoms with Crippen LogP contribution in [-0.4, -0.2) is 27.0 Å². The number of hydrogen-bond acceptors (Lipinski definition) is 5. The molecule has 92 valence electrons. The van der Waals surface area contributed by atoms with Crippen molar-refractivity contribution in [2.45, 2.75) is 0 Å². The van der Waals surface area contributed by atoms with E-state index in [1.165, 1.54) is 11.6 Å². The Hall–Kier alpha value is -1.80. The molecular formula is C10H6BrN3O3S. The van der Waals surface area contributed by atoms with Gasteiger partial charge in [-0.25, -0.2) is 14.8 Å². The topological polar surface area (TPSA) is 92.2 Å². The van der Waals surface area contributed by atoms with Gasteiger partial charge in [0.05, 0.1) is 4.47 Å². The molecule has 2 aromatic rings. The van der Waals surface area contributed by atoms with Gasteiger partial charge in [-0.1, -0.05) is 0 Å². The van der Waals surface area contributed by atoms with Crippen LogP contribution in [0.4, 0.5) is 5.82 Å². The molecule has 0 atom stereocenters. The van der Waals surface area contributed by atoms with Gasteiger partial charge >= 0.3 is 5.97 Å². The lowest BCUT2D eigenvalue weighted by Crippen LogP contribution is -2.13. The van der Waals surface area contributed by atoms with Gasteiger partial charge in [-0.3, -0.25) is 4.79 Å². The second-order valence-corrected chi connectivity index (χ2v) is 4.84. The minimum absolute atomic E-state index is 0.0740. The van der Waals surface area contributed by atoms with Gasteiger partial charge in [0.2, 0.25) is 0 Å². The normalized spacial score (nSPS) is 10.1. The molecule has 0 fully saturated rings. The number of hydrogen-bond donors (Lipinski definition) is 2. The van der Waals surface area contributed by atoms with Gasteiger partial charge in [0.25, 0.3) is 5.91 Å². The first-order valence-corrected chi connectivity index (χ1v) is 6.36. The number of nitrogens with one attached hydrogen (secondary N) is 1. The monoisotopic (exact) mass is 327 g/mol. The van der Waals surface area contributed by atoms with Gasteiger partial charge < -0.3 is 10.4 Å². The third-order valence-electron chi connectivity index (χ3n) is 1.91. The molecule has 0 aromatic carbocycles. The maximum Gasteiger partial charge on any atom is 0.355 e. The summed E-state index contributed by atoms with van der Waals surface area (Å²) in [7, 11) is 0. The van der Waals surface area contributed by atoms with Crippen LogP contribution in [-0.2, 0) is 0 Å². The Kier molecular flexibility index (Phi) is 3.68. The maximum atomic E-state index is 11.8. The van der Waals surface area contributed by atoms with Crippen molar-refractivity contribution in [3.63, 3.8) is 0 Å². The Balaban J connectivity index is 2.17. The van der Waals surface area contributed by atoms with Gasteiger partial charge in [0.1, 0.15) is 5.82 Å². The number of thiazole rings is 1. The molecule has 18 heavy (non-hydrogen) atoms. The van der Waals surface area contributed by atoms with Crippen molar-refractivity contribution in [2.75, 3.05) is 5.32 Å². The van der Waals surface area contributed by atoms with Crippen molar-refractivity contribution in [1.82, 2.24) is 9.97 Å². The number of aromatic carboxylic acids is 1. The third-order valence-corrected chi connectivity index (χ3v) is 3.39. The number of amides is 1. The van der Waals surface area contributed by atoms with E-state index in [1.807, 2.05) is 0 Å². The molecule has 2 rings (SSSR count). The highest BCUT2D eigenvalue weighted by molar-refractivity contribution is 9.10. The van der Waals surface area contributed by atoms with Crippen LogP contribution in [0.2, 0.25) is 0 Å². The average Bonchev–Trinajstić information content (AvgIpc) is 2.81. The second kappa shape index (κ2) is 5.23. The Morgan fingerprint density at radius 2 is 2.22 bits per heavy atom. The summed E-state index contributed by atoms with van der Waals surface area (Å²) in [5, 5.41) is 12.6. The molecular weight excluding hydrogens is 322 g/mol. The molecule has 0 aliphatic rings. The number of halogens is 1. The molecule has 2 N–H and O–H groups in total. The van der Waals surface area contributed by atoms with Gasteiger partial charge in [-0.2, -0.15) is 0 Å². The first-order chi connectivity index (χ1) is 8.58. The van der Waals surface area contributed by atoms with Gasteiger partial charge in [0, 0.05) is 11.6 Å². The van der Waals surface area contributed by atoms with E-state index in [9.17, 15) is 9.59 Å². The standard InChI is InChI=1S/C10H6BrN3O3S/c11-5-2-1-3-12-7(5)14-8(15)9-13-6(4-18-9)10(16)17/h1-4H,(H,16,17)(H,12,14,15). The van der Waals surface area contributed by atoms with Crippen LogP contribution in [0.3, 0.4) is 0 Å². The number of carbonyl (C=O) groups is 2. The molecule has 0 saturated carbocycles. The number of anilines is 1. The Morgan fingerprint density at radius 3 is 2.83 bits per heavy atom. The highest BCUT2D eigenvalue weighted by Crippen LogP contribution is 2.19. The van der Waals surface area contributed by atoms with E-state index in [1.54, 1.807) is 12.1 Å². The van der Waals surface area contributed by atoms with Crippen LogP contribution in [0.1, 0.15) is 20.3 Å². The molecule has 0 radical (unpaired) electrons. The van der Waals surface area contributed by atoms with E-state index in [0.29, 0.717) is 10.3 Å². The molecule has 0 aliphatic heterocycles. The predicted octanol–water partition coefficient (Wildman–Crippen LogP) is 2.25. The summed E-state index contributed by atoms with van der Waals surface area (Å²) in [4.78, 5) is 30.1. The number of pyridine rings is 1. The number of carboxylic acids is 1. The molecule has 2 aromatic heterocycles. The fraction of sp³-hybridized carbons (Fsp3) is 0. The number of carboxylic acid groups (broad SMARTS) is 1. The largest absolute Gasteiger partial charge is 0.476 e. The zero-order valence-electron chi connectivity index (χ0n) is 8.75. The minimum Gasteiger partial charge on any atom is -0.476 e. The molecule has 1 amide bonds. The summed E-state index contributed by atoms with van der Waals surface area (Å²) >= 11 is 4.20. The number of carbonyl (C=O) groups excluding carboxylic acids is 1. The van der Waals surface area contributed by atoms with Crippen LogP contribution in [0.25, 0.3) is 0 Å². The number of rotatable bonds is 3. The Morgan fingerprint density at radius 1 is 1.44 bits per heavy atom. The lowest BCUT2D eigenvalue weighted by molar-refractivity contribution is 0.0691. The van der Waals surface area contributed by atoms with Crippen LogP contribution >= 0.6 is 27.3 Å². The Bertz CT molecular complexity index is 614. The number of nitrogens with zero attached hydrogens (tertiary/aromatic N) is 2. The van der Waals surface area contributed by atoms with Crippen LogP contribution in [0.5, 0.6) is 0 Å². The molecule has 2 heterocycles. The summed E-state index contributed by atoms with van der Waals surface area (Å²) in [5.41, 5.74) is -0.148. The van der Waals surface area contributed by atoms with E-state index in [0.717, 1.165) is 11.3 Å². The summed E-state index contributed by atoms with van der Waals surface area (Å²) < 4.78 is 0.633. The van der Waals surface area contributed by atoms with Crippen molar-refractivity contribution in [3.05, 3.63) is 38.9 Å². The molecule has 0 bridgehead atoms. The van der Waals surface area contributed by atoms with E-state index in [-0.39, 0.29) is 10.7 Å². The van der Waals surface area contributed by atoms with E-state index >= 15 is 0 Å². The first-order valence-electron chi connectivity index (χ1n) is 4.68. The van der Waals surface area contributed by atoms with Crippen LogP contribution < -0.4 is 5.32 Å². The summed E-state index contributed by atoms with van der Waals surface area (Å²) in [6, 6.07) is 3.44. The van der Waals surface area contributed by atoms with Crippen molar-refractivity contribution < 1.29 is 14.7 Å². The van der Waals surface area contributed by atoms with E-state index < -0.39 is 11.9 Å². The zero-order valence-corrected chi connectivity index (χ0v) is 11.2. The maximum absolute atomic E-state index is 11.8. The first kappa shape index (κ1) is 12.7. The molecule has 0 aliphatic carbocycles. The molecule has 0 spiro atoms. The summed E-state index contributed by atoms with van der Waals surface area (Å²) in [5.74, 6) is -1.30. The summed E-state index contributed by atoms with van der Waals surface area (Å²) in [6.45, 7) is 0. The average molecular weight is 328 g/mol. The fourth-order valence-corrected chi connectivity index (χ4v) is 2.15. The van der Waals surface area contributed by atoms with Gasteiger partial charge in [-0.15, -0.1) is 11.3 Å². The van der Waals surface area contributed by atoms with Crippen molar-refractivity contribution in [3.8, 4) is 0 Å². The molecule has 6 nitrogen and oxygen atoms in total. The second-order valence-electron chi connectivity index (χ2n) is 3.13. The van der Waals surface area contributed by atoms with E-state index in [2.05, 4.69) is 31.2 Å². The summed E-state index contributed by atoms with van der Waals surface area (Å²) in [6.07, 6.45) is 1.53. The fourth-order valence-electron chi connectivity index (χ4n) is 1.11. The molecule has 8 heteroatoms. The smallest absolute Gasteiger partial charge is 0.355 e. The third kappa shape index (κ3) is 2.71. The van der Waals surface area contributed by atoms with Crippen molar-refractivity contribution in [1.29, 1.82) is 0 Å². The highest BCUT2D eigenvalue weighted by atomic mass is 79.9. The molecule has 0 unspecified atom stereocenters. The lowest BCUT2D eigenvalue weighted by atomic mass is 10.4. The highest BCUT2D eigenvalue weighted by Gasteiger charge is 2.15. The predicted molar refractivity (Wildman–Crippen MR) is 69.0 cm³/mol. The number of aromatic nitrogens is 2. The van der Waals surface area contributed by atoms with E-state index in [4.69, 9.17) is 5.11 Å². The van der Waals surface area contributed by atoms with Gasteiger partial charge in [-0.05, 0) is 28.1 Å². The van der Waals surface area contributed by atoms with Gasteiger partial charge in [0.15, 0.2) is 10.7 Å². The zero-order chi connectivity index (χ0) is 13.1. The van der Waals surface area contributed by atoms with Crippen molar-refractivity contribution in [2.24, 2.45) is 0 Å². The van der Waals surface area contributed by atoms with Crippen LogP contribution in [0, 0.1) is 0 Å². The van der Waals surface area contributed by atoms with Crippen molar-refractivity contribution >= 4 is 45.0 Å². The quantitative estimate of drug-likeness (QED) is 0.901. The lowest BCUT2D eigenvalue weighted by Gasteiger charge is -2.03.